The summed E-state index contributed by atoms with van der Waals surface area (Å²) in [4.78, 5) is 27.7. The van der Waals surface area contributed by atoms with Gasteiger partial charge in [-0.05, 0) is 80.6 Å². The number of carbonyl (C=O) groups is 2. The number of aliphatic hydroxyl groups is 1. The lowest BCUT2D eigenvalue weighted by molar-refractivity contribution is -0.115. The van der Waals surface area contributed by atoms with Crippen LogP contribution in [0.3, 0.4) is 0 Å². The van der Waals surface area contributed by atoms with Crippen LogP contribution in [-0.4, -0.2) is 67.3 Å². The van der Waals surface area contributed by atoms with Gasteiger partial charge in [-0.1, -0.05) is 18.2 Å². The first-order valence-corrected chi connectivity index (χ1v) is 13.9. The van der Waals surface area contributed by atoms with Gasteiger partial charge in [-0.3, -0.25) is 4.79 Å². The molecule has 10 heteroatoms. The zero-order valence-corrected chi connectivity index (χ0v) is 24.2. The summed E-state index contributed by atoms with van der Waals surface area (Å²) in [6, 6.07) is 18.3. The minimum Gasteiger partial charge on any atom is -0.491 e. The van der Waals surface area contributed by atoms with Crippen LogP contribution in [0.5, 0.6) is 11.5 Å². The van der Waals surface area contributed by atoms with E-state index in [9.17, 15) is 14.7 Å². The van der Waals surface area contributed by atoms with E-state index in [1.807, 2.05) is 41.8 Å². The fourth-order valence-corrected chi connectivity index (χ4v) is 4.34. The van der Waals surface area contributed by atoms with Crippen molar-refractivity contribution in [3.63, 3.8) is 0 Å². The molecule has 216 valence electrons. The van der Waals surface area contributed by atoms with E-state index in [0.717, 1.165) is 10.4 Å². The van der Waals surface area contributed by atoms with Crippen molar-refractivity contribution in [2.24, 2.45) is 0 Å². The minimum absolute atomic E-state index is 0.00254. The van der Waals surface area contributed by atoms with E-state index in [1.54, 1.807) is 63.5 Å². The van der Waals surface area contributed by atoms with Crippen LogP contribution in [0.1, 0.15) is 31.2 Å². The van der Waals surface area contributed by atoms with Gasteiger partial charge in [-0.25, -0.2) is 4.79 Å². The van der Waals surface area contributed by atoms with Gasteiger partial charge >= 0.3 is 6.09 Å². The van der Waals surface area contributed by atoms with E-state index in [0.29, 0.717) is 36.6 Å². The van der Waals surface area contributed by atoms with E-state index < -0.39 is 17.8 Å². The summed E-state index contributed by atoms with van der Waals surface area (Å²) in [6.45, 7) is 5.92. The number of hydrogen-bond acceptors (Lipinski definition) is 8. The van der Waals surface area contributed by atoms with Crippen molar-refractivity contribution in [1.29, 1.82) is 0 Å². The molecule has 3 rings (SSSR count). The molecule has 0 fully saturated rings. The van der Waals surface area contributed by atoms with Crippen LogP contribution in [0, 0.1) is 0 Å². The molecule has 0 bridgehead atoms. The Labute approximate surface area is 239 Å². The zero-order chi connectivity index (χ0) is 29.0. The van der Waals surface area contributed by atoms with E-state index in [-0.39, 0.29) is 25.9 Å². The second-order valence-corrected chi connectivity index (χ2v) is 11.2. The maximum absolute atomic E-state index is 12.9. The lowest BCUT2D eigenvalue weighted by Crippen LogP contribution is -2.43. The Morgan fingerprint density at radius 1 is 1.00 bits per heavy atom. The van der Waals surface area contributed by atoms with Gasteiger partial charge in [0.25, 0.3) is 0 Å². The molecule has 3 aromatic rings. The number of amides is 2. The van der Waals surface area contributed by atoms with E-state index in [1.165, 1.54) is 4.90 Å². The van der Waals surface area contributed by atoms with Crippen molar-refractivity contribution in [3.05, 3.63) is 76.5 Å². The van der Waals surface area contributed by atoms with Gasteiger partial charge in [-0.15, -0.1) is 11.3 Å². The number of nitrogens with one attached hydrogen (secondary N) is 1. The summed E-state index contributed by atoms with van der Waals surface area (Å²) in [5.41, 5.74) is 1.01. The lowest BCUT2D eigenvalue weighted by atomic mass is 10.1. The number of thiophene rings is 1. The number of ether oxygens (including phenoxy) is 4. The van der Waals surface area contributed by atoms with Crippen LogP contribution < -0.4 is 14.8 Å². The zero-order valence-electron chi connectivity index (χ0n) is 23.4. The Balaban J connectivity index is 1.53. The van der Waals surface area contributed by atoms with Gasteiger partial charge in [0, 0.05) is 24.2 Å². The first-order chi connectivity index (χ1) is 19.1. The number of methoxy groups -OCH3 is 1. The topological polar surface area (TPSA) is 107 Å². The highest BCUT2D eigenvalue weighted by molar-refractivity contribution is 7.10. The van der Waals surface area contributed by atoms with Gasteiger partial charge in [0.05, 0.1) is 13.0 Å². The molecule has 2 aromatic carbocycles. The van der Waals surface area contributed by atoms with Crippen LogP contribution in [-0.2, 0) is 27.1 Å². The first-order valence-electron chi connectivity index (χ1n) is 13.0. The molecule has 1 atom stereocenters. The number of rotatable bonds is 14. The molecule has 40 heavy (non-hydrogen) atoms. The molecule has 0 aliphatic rings. The highest BCUT2D eigenvalue weighted by atomic mass is 32.1. The lowest BCUT2D eigenvalue weighted by Gasteiger charge is -2.29. The Kier molecular flexibility index (Phi) is 11.8. The molecule has 2 amide bonds. The molecule has 0 aliphatic carbocycles. The fraction of sp³-hybridized carbons (Fsp3) is 0.400. The molecule has 0 aliphatic heterocycles. The summed E-state index contributed by atoms with van der Waals surface area (Å²) in [6.07, 6.45) is -0.564. The molecule has 0 saturated carbocycles. The molecule has 0 saturated heterocycles. The highest BCUT2D eigenvalue weighted by Crippen LogP contribution is 2.19. The molecule has 1 aromatic heterocycles. The smallest absolute Gasteiger partial charge is 0.410 e. The number of benzene rings is 2. The predicted octanol–water partition coefficient (Wildman–Crippen LogP) is 5.13. The van der Waals surface area contributed by atoms with Crippen LogP contribution in [0.2, 0.25) is 0 Å². The van der Waals surface area contributed by atoms with Crippen LogP contribution >= 0.6 is 11.3 Å². The first kappa shape index (κ1) is 30.9. The van der Waals surface area contributed by atoms with Crippen molar-refractivity contribution >= 4 is 29.0 Å². The highest BCUT2D eigenvalue weighted by Gasteiger charge is 2.24. The summed E-state index contributed by atoms with van der Waals surface area (Å²) >= 11 is 1.55. The number of hydrogen-bond donors (Lipinski definition) is 2. The third-order valence-corrected chi connectivity index (χ3v) is 6.39. The van der Waals surface area contributed by atoms with E-state index >= 15 is 0 Å². The Hall–Kier alpha value is -3.60. The third kappa shape index (κ3) is 11.3. The monoisotopic (exact) mass is 570 g/mol. The van der Waals surface area contributed by atoms with Crippen molar-refractivity contribution in [2.75, 3.05) is 38.9 Å². The number of nitrogens with zero attached hydrogens (tertiary/aromatic N) is 1. The van der Waals surface area contributed by atoms with Crippen molar-refractivity contribution in [3.8, 4) is 11.5 Å². The average molecular weight is 571 g/mol. The minimum atomic E-state index is -0.933. The fourth-order valence-electron chi connectivity index (χ4n) is 3.64. The van der Waals surface area contributed by atoms with Crippen molar-refractivity contribution in [1.82, 2.24) is 4.90 Å². The summed E-state index contributed by atoms with van der Waals surface area (Å²) in [5.74, 6) is 1.13. The second kappa shape index (κ2) is 15.3. The van der Waals surface area contributed by atoms with Gasteiger partial charge in [0.1, 0.15) is 29.8 Å². The maximum atomic E-state index is 12.9. The van der Waals surface area contributed by atoms with Crippen molar-refractivity contribution < 1.29 is 33.6 Å². The Morgan fingerprint density at radius 2 is 1.68 bits per heavy atom. The average Bonchev–Trinajstić information content (AvgIpc) is 3.42. The Morgan fingerprint density at radius 3 is 2.27 bits per heavy atom. The molecular formula is C30H38N2O7S. The molecular weight excluding hydrogens is 532 g/mol. The summed E-state index contributed by atoms with van der Waals surface area (Å²) in [5, 5.41) is 15.5. The van der Waals surface area contributed by atoms with E-state index in [4.69, 9.17) is 18.9 Å². The molecule has 0 spiro atoms. The maximum Gasteiger partial charge on any atom is 0.410 e. The normalized spacial score (nSPS) is 11.9. The summed E-state index contributed by atoms with van der Waals surface area (Å²) in [7, 11) is 1.55. The van der Waals surface area contributed by atoms with Gasteiger partial charge < -0.3 is 34.3 Å². The Bertz CT molecular complexity index is 1180. The van der Waals surface area contributed by atoms with Crippen molar-refractivity contribution in [2.45, 2.75) is 45.3 Å². The third-order valence-electron chi connectivity index (χ3n) is 5.52. The van der Waals surface area contributed by atoms with E-state index in [2.05, 4.69) is 5.32 Å². The predicted molar refractivity (Wildman–Crippen MR) is 155 cm³/mol. The molecule has 2 N–H and O–H groups in total. The van der Waals surface area contributed by atoms with Gasteiger partial charge in [0.2, 0.25) is 5.91 Å². The number of aliphatic hydroxyl groups excluding tert-OH is 1. The largest absolute Gasteiger partial charge is 0.491 e. The number of anilines is 1. The van der Waals surface area contributed by atoms with Crippen LogP contribution in [0.4, 0.5) is 10.5 Å². The standard InChI is InChI=1S/C30H38N2O7S/c1-30(2,3)39-29(35)32(19-24(33)20-37-25-11-13-26(14-12-25)38-21-36-4)16-15-22-7-9-23(10-8-22)31-28(34)18-27-6-5-17-40-27/h5-14,17,24,33H,15-16,18-21H2,1-4H3,(H,31,34)/t24-/m0/s1. The van der Waals surface area contributed by atoms with Gasteiger partial charge in [-0.2, -0.15) is 0 Å². The summed E-state index contributed by atoms with van der Waals surface area (Å²) < 4.78 is 21.5. The van der Waals surface area contributed by atoms with Crippen LogP contribution in [0.25, 0.3) is 0 Å². The van der Waals surface area contributed by atoms with Crippen LogP contribution in [0.15, 0.2) is 66.0 Å². The molecule has 1 heterocycles. The molecule has 0 radical (unpaired) electrons. The number of carbonyl (C=O) groups excluding carboxylic acids is 2. The van der Waals surface area contributed by atoms with Gasteiger partial charge in [0.15, 0.2) is 6.79 Å². The molecule has 0 unspecified atom stereocenters. The quantitative estimate of drug-likeness (QED) is 0.259. The second-order valence-electron chi connectivity index (χ2n) is 10.2. The molecule has 9 nitrogen and oxygen atoms in total. The SMILES string of the molecule is COCOc1ccc(OC[C@@H](O)CN(CCc2ccc(NC(=O)Cc3cccs3)cc2)C(=O)OC(C)(C)C)cc1.